The fourth-order valence-electron chi connectivity index (χ4n) is 1.84. The molecule has 1 aromatic carbocycles. The van der Waals surface area contributed by atoms with Crippen LogP contribution < -0.4 is 4.72 Å². The zero-order chi connectivity index (χ0) is 14.8. The number of hydrogen-bond acceptors (Lipinski definition) is 4. The van der Waals surface area contributed by atoms with Crippen molar-refractivity contribution in [2.45, 2.75) is 25.0 Å². The molecule has 0 radical (unpaired) electrons. The molecule has 0 unspecified atom stereocenters. The molecule has 0 aliphatic carbocycles. The van der Waals surface area contributed by atoms with Crippen molar-refractivity contribution in [1.82, 2.24) is 14.5 Å². The molecule has 0 spiro atoms. The van der Waals surface area contributed by atoms with Gasteiger partial charge in [-0.15, -0.1) is 0 Å². The van der Waals surface area contributed by atoms with Crippen LogP contribution in [0.1, 0.15) is 16.8 Å². The number of aliphatic hydroxyl groups is 1. The average molecular weight is 295 g/mol. The largest absolute Gasteiger partial charge is 0.392 e. The van der Waals surface area contributed by atoms with E-state index in [0.717, 1.165) is 0 Å². The number of aromatic nitrogens is 2. The van der Waals surface area contributed by atoms with Gasteiger partial charge < -0.3 is 5.11 Å². The van der Waals surface area contributed by atoms with Crippen LogP contribution in [-0.4, -0.2) is 23.3 Å². The minimum absolute atomic E-state index is 0.131. The van der Waals surface area contributed by atoms with Gasteiger partial charge in [0.1, 0.15) is 0 Å². The highest BCUT2D eigenvalue weighted by atomic mass is 32.2. The molecule has 2 N–H and O–H groups in total. The molecule has 0 aliphatic rings. The van der Waals surface area contributed by atoms with E-state index in [1.807, 2.05) is 0 Å². The van der Waals surface area contributed by atoms with Gasteiger partial charge in [0.2, 0.25) is 10.0 Å². The molecule has 0 saturated carbocycles. The number of aliphatic hydroxyl groups excluding tert-OH is 1. The molecule has 1 heterocycles. The molecule has 1 aromatic heterocycles. The Kier molecular flexibility index (Phi) is 4.22. The van der Waals surface area contributed by atoms with Crippen molar-refractivity contribution in [3.8, 4) is 0 Å². The Morgan fingerprint density at radius 3 is 2.70 bits per heavy atom. The Morgan fingerprint density at radius 2 is 2.10 bits per heavy atom. The highest BCUT2D eigenvalue weighted by Gasteiger charge is 2.17. The number of nitrogens with one attached hydrogen (secondary N) is 1. The number of benzene rings is 1. The van der Waals surface area contributed by atoms with Gasteiger partial charge in [-0.25, -0.2) is 13.1 Å². The Morgan fingerprint density at radius 1 is 1.35 bits per heavy atom. The van der Waals surface area contributed by atoms with Crippen LogP contribution in [0, 0.1) is 6.92 Å². The van der Waals surface area contributed by atoms with Gasteiger partial charge in [-0.05, 0) is 30.2 Å². The molecule has 0 atom stereocenters. The third kappa shape index (κ3) is 3.24. The number of nitrogens with zero attached hydrogens (tertiary/aromatic N) is 2. The summed E-state index contributed by atoms with van der Waals surface area (Å²) in [5.41, 5.74) is 1.84. The molecule has 0 bridgehead atoms. The summed E-state index contributed by atoms with van der Waals surface area (Å²) >= 11 is 0. The first kappa shape index (κ1) is 14.7. The van der Waals surface area contributed by atoms with Gasteiger partial charge in [-0.1, -0.05) is 12.1 Å². The minimum atomic E-state index is -3.62. The first-order valence-electron chi connectivity index (χ1n) is 6.11. The van der Waals surface area contributed by atoms with Crippen molar-refractivity contribution < 1.29 is 13.5 Å². The number of hydrogen-bond donors (Lipinski definition) is 2. The lowest BCUT2D eigenvalue weighted by Gasteiger charge is -2.09. The Labute approximate surface area is 118 Å². The molecule has 0 amide bonds. The second kappa shape index (κ2) is 5.74. The summed E-state index contributed by atoms with van der Waals surface area (Å²) in [6, 6.07) is 6.61. The van der Waals surface area contributed by atoms with Crippen molar-refractivity contribution >= 4 is 10.0 Å². The van der Waals surface area contributed by atoms with E-state index < -0.39 is 10.0 Å². The van der Waals surface area contributed by atoms with Gasteiger partial charge >= 0.3 is 0 Å². The molecule has 0 fully saturated rings. The molecule has 0 saturated heterocycles. The zero-order valence-corrected chi connectivity index (χ0v) is 12.2. The van der Waals surface area contributed by atoms with Crippen LogP contribution in [0.4, 0.5) is 0 Å². The summed E-state index contributed by atoms with van der Waals surface area (Å²) in [5.74, 6) is 0. The maximum Gasteiger partial charge on any atom is 0.241 e. The van der Waals surface area contributed by atoms with Crippen molar-refractivity contribution in [3.63, 3.8) is 0 Å². The third-order valence-corrected chi connectivity index (χ3v) is 4.48. The Balaban J connectivity index is 2.21. The lowest BCUT2D eigenvalue weighted by molar-refractivity contribution is 0.281. The SMILES string of the molecule is Cc1ccc(CO)cc1S(=O)(=O)NCc1ccn(C)n1. The van der Waals surface area contributed by atoms with E-state index in [-0.39, 0.29) is 18.0 Å². The van der Waals surface area contributed by atoms with Crippen LogP contribution in [0.25, 0.3) is 0 Å². The van der Waals surface area contributed by atoms with Gasteiger partial charge in [0, 0.05) is 13.2 Å². The van der Waals surface area contributed by atoms with Crippen LogP contribution in [0.2, 0.25) is 0 Å². The Bertz CT molecular complexity index is 707. The number of sulfonamides is 1. The molecule has 0 aliphatic heterocycles. The molecule has 6 nitrogen and oxygen atoms in total. The van der Waals surface area contributed by atoms with Crippen LogP contribution in [-0.2, 0) is 30.2 Å². The first-order valence-corrected chi connectivity index (χ1v) is 7.59. The molecule has 2 aromatic rings. The van der Waals surface area contributed by atoms with E-state index in [4.69, 9.17) is 5.11 Å². The van der Waals surface area contributed by atoms with Gasteiger partial charge in [0.25, 0.3) is 0 Å². The van der Waals surface area contributed by atoms with E-state index in [1.165, 1.54) is 6.07 Å². The lowest BCUT2D eigenvalue weighted by Crippen LogP contribution is -2.24. The van der Waals surface area contributed by atoms with Crippen LogP contribution in [0.3, 0.4) is 0 Å². The summed E-state index contributed by atoms with van der Waals surface area (Å²) in [6.07, 6.45) is 1.75. The summed E-state index contributed by atoms with van der Waals surface area (Å²) < 4.78 is 28.7. The maximum atomic E-state index is 12.3. The second-order valence-corrected chi connectivity index (χ2v) is 6.30. The quantitative estimate of drug-likeness (QED) is 0.850. The molecular weight excluding hydrogens is 278 g/mol. The smallest absolute Gasteiger partial charge is 0.241 e. The van der Waals surface area contributed by atoms with E-state index in [0.29, 0.717) is 16.8 Å². The van der Waals surface area contributed by atoms with Crippen molar-refractivity contribution in [3.05, 3.63) is 47.3 Å². The molecule has 20 heavy (non-hydrogen) atoms. The number of aryl methyl sites for hydroxylation is 2. The third-order valence-electron chi connectivity index (χ3n) is 2.94. The average Bonchev–Trinajstić information content (AvgIpc) is 2.83. The normalized spacial score (nSPS) is 11.8. The van der Waals surface area contributed by atoms with Gasteiger partial charge in [-0.2, -0.15) is 5.10 Å². The fourth-order valence-corrected chi connectivity index (χ4v) is 3.13. The van der Waals surface area contributed by atoms with Gasteiger partial charge in [0.05, 0.1) is 23.7 Å². The monoisotopic (exact) mass is 295 g/mol. The summed E-state index contributed by atoms with van der Waals surface area (Å²) in [7, 11) is -1.85. The van der Waals surface area contributed by atoms with Crippen LogP contribution in [0.5, 0.6) is 0 Å². The predicted octanol–water partition coefficient (Wildman–Crippen LogP) is 0.699. The zero-order valence-electron chi connectivity index (χ0n) is 11.4. The standard InChI is InChI=1S/C13H17N3O3S/c1-10-3-4-11(9-17)7-13(10)20(18,19)14-8-12-5-6-16(2)15-12/h3-7,14,17H,8-9H2,1-2H3. The van der Waals surface area contributed by atoms with Crippen LogP contribution >= 0.6 is 0 Å². The fraction of sp³-hybridized carbons (Fsp3) is 0.308. The lowest BCUT2D eigenvalue weighted by atomic mass is 10.2. The summed E-state index contributed by atoms with van der Waals surface area (Å²) in [4.78, 5) is 0.181. The molecule has 2 rings (SSSR count). The van der Waals surface area contributed by atoms with E-state index >= 15 is 0 Å². The highest BCUT2D eigenvalue weighted by Crippen LogP contribution is 2.17. The molecular formula is C13H17N3O3S. The second-order valence-electron chi connectivity index (χ2n) is 4.56. The van der Waals surface area contributed by atoms with Crippen LogP contribution in [0.15, 0.2) is 35.4 Å². The van der Waals surface area contributed by atoms with E-state index in [9.17, 15) is 8.42 Å². The van der Waals surface area contributed by atoms with Gasteiger partial charge in [0.15, 0.2) is 0 Å². The van der Waals surface area contributed by atoms with E-state index in [2.05, 4.69) is 9.82 Å². The first-order chi connectivity index (χ1) is 9.42. The summed E-state index contributed by atoms with van der Waals surface area (Å²) in [6.45, 7) is 1.66. The minimum Gasteiger partial charge on any atom is -0.392 e. The summed E-state index contributed by atoms with van der Waals surface area (Å²) in [5, 5.41) is 13.2. The van der Waals surface area contributed by atoms with Crippen molar-refractivity contribution in [2.24, 2.45) is 7.05 Å². The predicted molar refractivity (Wildman–Crippen MR) is 74.3 cm³/mol. The van der Waals surface area contributed by atoms with Crippen molar-refractivity contribution in [1.29, 1.82) is 0 Å². The van der Waals surface area contributed by atoms with Crippen molar-refractivity contribution in [2.75, 3.05) is 0 Å². The van der Waals surface area contributed by atoms with Gasteiger partial charge in [-0.3, -0.25) is 4.68 Å². The topological polar surface area (TPSA) is 84.2 Å². The Hall–Kier alpha value is -1.70. The van der Waals surface area contributed by atoms with E-state index in [1.54, 1.807) is 43.0 Å². The molecule has 7 heteroatoms. The highest BCUT2D eigenvalue weighted by molar-refractivity contribution is 7.89. The molecule has 108 valence electrons. The maximum absolute atomic E-state index is 12.3. The number of rotatable bonds is 5.